The molecule has 0 radical (unpaired) electrons. The van der Waals surface area contributed by atoms with Gasteiger partial charge in [-0.05, 0) is 0 Å². The van der Waals surface area contributed by atoms with Gasteiger partial charge in [-0.3, -0.25) is 0 Å². The topological polar surface area (TPSA) is 43.4 Å². The summed E-state index contributed by atoms with van der Waals surface area (Å²) in [6.07, 6.45) is 14.0. The summed E-state index contributed by atoms with van der Waals surface area (Å²) in [6, 6.07) is 0. The number of unbranched alkanes of at least 4 members (excludes halogenated alkanes) is 4. The Hall–Kier alpha value is 0.0800. The van der Waals surface area contributed by atoms with Crippen LogP contribution in [0.25, 0.3) is 0 Å². The summed E-state index contributed by atoms with van der Waals surface area (Å²) in [5.41, 5.74) is 0. The quantitative estimate of drug-likeness (QED) is 0.237. The Morgan fingerprint density at radius 3 is 1.38 bits per heavy atom. The SMILES string of the molecule is C=CCS(=O)(=O)OP(CCCC)(CCCC)(CCCC)CCCC. The van der Waals surface area contributed by atoms with Gasteiger partial charge in [0.2, 0.25) is 0 Å². The Kier molecular flexibility index (Phi) is 11.7. The monoisotopic (exact) mass is 380 g/mol. The number of hydrogen-bond acceptors (Lipinski definition) is 3. The normalized spacial score (nSPS) is 14.2. The summed E-state index contributed by atoms with van der Waals surface area (Å²) in [5.74, 6) is -0.0681. The van der Waals surface area contributed by atoms with Crippen molar-refractivity contribution in [2.24, 2.45) is 0 Å². The molecule has 0 unspecified atom stereocenters. The zero-order chi connectivity index (χ0) is 18.6. The predicted molar refractivity (Wildman–Crippen MR) is 111 cm³/mol. The van der Waals surface area contributed by atoms with Gasteiger partial charge >= 0.3 is 151 Å². The molecule has 0 N–H and O–H groups in total. The van der Waals surface area contributed by atoms with Crippen LogP contribution in [0.5, 0.6) is 0 Å². The van der Waals surface area contributed by atoms with Gasteiger partial charge in [-0.2, -0.15) is 0 Å². The fourth-order valence-corrected chi connectivity index (χ4v) is 13.6. The van der Waals surface area contributed by atoms with Gasteiger partial charge < -0.3 is 0 Å². The zero-order valence-corrected chi connectivity index (χ0v) is 18.3. The maximum atomic E-state index is 12.6. The van der Waals surface area contributed by atoms with Crippen molar-refractivity contribution in [1.82, 2.24) is 0 Å². The van der Waals surface area contributed by atoms with Crippen LogP contribution < -0.4 is 0 Å². The first-order valence-electron chi connectivity index (χ1n) is 9.88. The van der Waals surface area contributed by atoms with Crippen LogP contribution in [0.2, 0.25) is 0 Å². The summed E-state index contributed by atoms with van der Waals surface area (Å²) in [6.45, 7) is 9.60. The number of hydrogen-bond donors (Lipinski definition) is 0. The third-order valence-corrected chi connectivity index (χ3v) is 14.0. The van der Waals surface area contributed by atoms with E-state index in [2.05, 4.69) is 34.3 Å². The van der Waals surface area contributed by atoms with Crippen LogP contribution in [0.4, 0.5) is 0 Å². The van der Waals surface area contributed by atoms with Crippen molar-refractivity contribution in [2.75, 3.05) is 30.4 Å². The molecular weight excluding hydrogens is 339 g/mol. The molecule has 0 heterocycles. The van der Waals surface area contributed by atoms with E-state index in [9.17, 15) is 8.42 Å². The van der Waals surface area contributed by atoms with E-state index in [1.54, 1.807) is 0 Å². The van der Waals surface area contributed by atoms with Crippen LogP contribution >= 0.6 is 6.83 Å². The molecule has 3 nitrogen and oxygen atoms in total. The summed E-state index contributed by atoms with van der Waals surface area (Å²) in [4.78, 5) is 0. The molecule has 0 fully saturated rings. The molecule has 0 aromatic rings. The first-order valence-corrected chi connectivity index (χ1v) is 14.4. The van der Waals surface area contributed by atoms with Gasteiger partial charge in [0.05, 0.1) is 0 Å². The molecular formula is C19H41O3PS. The van der Waals surface area contributed by atoms with Gasteiger partial charge in [-0.25, -0.2) is 0 Å². The molecule has 0 saturated heterocycles. The Bertz CT molecular complexity index is 402. The average Bonchev–Trinajstić information content (AvgIpc) is 2.55. The molecule has 0 amide bonds. The molecule has 0 aliphatic carbocycles. The summed E-state index contributed by atoms with van der Waals surface area (Å²) in [7, 11) is -3.53. The second kappa shape index (κ2) is 11.6. The van der Waals surface area contributed by atoms with E-state index in [0.29, 0.717) is 0 Å². The van der Waals surface area contributed by atoms with E-state index >= 15 is 0 Å². The molecule has 0 aromatic heterocycles. The molecule has 0 bridgehead atoms. The van der Waals surface area contributed by atoms with Crippen LogP contribution in [0.3, 0.4) is 0 Å². The van der Waals surface area contributed by atoms with Crippen molar-refractivity contribution >= 4 is 16.9 Å². The summed E-state index contributed by atoms with van der Waals surface area (Å²) < 4.78 is 31.6. The maximum absolute atomic E-state index is 12.6. The van der Waals surface area contributed by atoms with Crippen molar-refractivity contribution in [2.45, 2.75) is 79.1 Å². The van der Waals surface area contributed by atoms with Crippen molar-refractivity contribution in [1.29, 1.82) is 0 Å². The molecule has 0 aliphatic heterocycles. The Balaban J connectivity index is 5.95. The molecule has 0 rings (SSSR count). The van der Waals surface area contributed by atoms with E-state index in [4.69, 9.17) is 3.97 Å². The molecule has 146 valence electrons. The molecule has 0 aliphatic rings. The van der Waals surface area contributed by atoms with Crippen LogP contribution in [0.15, 0.2) is 12.7 Å². The van der Waals surface area contributed by atoms with E-state index in [-0.39, 0.29) is 5.75 Å². The Morgan fingerprint density at radius 2 is 1.12 bits per heavy atom. The summed E-state index contributed by atoms with van der Waals surface area (Å²) in [5, 5.41) is 0. The third kappa shape index (κ3) is 7.97. The van der Waals surface area contributed by atoms with Crippen LogP contribution in [0.1, 0.15) is 79.1 Å². The van der Waals surface area contributed by atoms with Gasteiger partial charge in [0, 0.05) is 0 Å². The molecule has 0 spiro atoms. The van der Waals surface area contributed by atoms with E-state index < -0.39 is 16.9 Å². The van der Waals surface area contributed by atoms with E-state index in [0.717, 1.165) is 76.0 Å². The fraction of sp³-hybridized carbons (Fsp3) is 0.895. The first kappa shape index (κ1) is 24.1. The fourth-order valence-electron chi connectivity index (χ4n) is 3.55. The minimum absolute atomic E-state index is 0.0681. The minimum atomic E-state index is -3.53. The van der Waals surface area contributed by atoms with Crippen LogP contribution in [-0.4, -0.2) is 38.8 Å². The second-order valence-electron chi connectivity index (χ2n) is 7.25. The van der Waals surface area contributed by atoms with Gasteiger partial charge in [0.15, 0.2) is 0 Å². The zero-order valence-electron chi connectivity index (χ0n) is 16.6. The Morgan fingerprint density at radius 1 is 0.792 bits per heavy atom. The predicted octanol–water partition coefficient (Wildman–Crippen LogP) is 6.19. The second-order valence-corrected chi connectivity index (χ2v) is 14.8. The van der Waals surface area contributed by atoms with Crippen molar-refractivity contribution < 1.29 is 12.4 Å². The van der Waals surface area contributed by atoms with Gasteiger partial charge in [0.25, 0.3) is 0 Å². The van der Waals surface area contributed by atoms with Crippen LogP contribution in [-0.2, 0) is 14.1 Å². The van der Waals surface area contributed by atoms with Crippen molar-refractivity contribution in [3.05, 3.63) is 12.7 Å². The standard InChI is InChI=1S/C19H41O3PS/c1-6-11-15-23(16-12-7-2,17-13-8-3,18-14-9-4)22-24(20,21)19-10-5/h10H,5-9,11-19H2,1-4H3. The molecule has 0 saturated carbocycles. The molecule has 24 heavy (non-hydrogen) atoms. The molecule has 0 aromatic carbocycles. The van der Waals surface area contributed by atoms with E-state index in [1.807, 2.05) is 0 Å². The Labute approximate surface area is 151 Å². The average molecular weight is 381 g/mol. The van der Waals surface area contributed by atoms with Gasteiger partial charge in [-0.1, -0.05) is 0 Å². The molecule has 0 atom stereocenters. The van der Waals surface area contributed by atoms with Gasteiger partial charge in [0.1, 0.15) is 0 Å². The van der Waals surface area contributed by atoms with E-state index in [1.165, 1.54) is 6.08 Å². The van der Waals surface area contributed by atoms with Crippen molar-refractivity contribution in [3.63, 3.8) is 0 Å². The first-order chi connectivity index (χ1) is 11.3. The summed E-state index contributed by atoms with van der Waals surface area (Å²) >= 11 is 0. The van der Waals surface area contributed by atoms with Gasteiger partial charge in [-0.15, -0.1) is 0 Å². The molecule has 5 heteroatoms. The third-order valence-electron chi connectivity index (χ3n) is 4.96. The number of rotatable bonds is 16. The van der Waals surface area contributed by atoms with Crippen LogP contribution in [0, 0.1) is 0 Å². The van der Waals surface area contributed by atoms with Crippen molar-refractivity contribution in [3.8, 4) is 0 Å².